The number of pyridine rings is 1. The van der Waals surface area contributed by atoms with Crippen LogP contribution in [0, 0.1) is 5.92 Å². The first kappa shape index (κ1) is 16.9. The molecule has 1 aromatic rings. The molecule has 0 saturated carbocycles. The summed E-state index contributed by atoms with van der Waals surface area (Å²) >= 11 is 0. The number of anilines is 1. The van der Waals surface area contributed by atoms with Crippen LogP contribution < -0.4 is 10.2 Å². The second-order valence-corrected chi connectivity index (χ2v) is 5.83. The van der Waals surface area contributed by atoms with E-state index in [1.807, 2.05) is 6.20 Å². The monoisotopic (exact) mass is 279 g/mol. The van der Waals surface area contributed by atoms with Crippen LogP contribution in [-0.2, 0) is 11.3 Å². The summed E-state index contributed by atoms with van der Waals surface area (Å²) in [6.45, 7) is 12.4. The zero-order chi connectivity index (χ0) is 15.0. The van der Waals surface area contributed by atoms with E-state index in [0.29, 0.717) is 12.0 Å². The van der Waals surface area contributed by atoms with Crippen molar-refractivity contribution in [2.45, 2.75) is 40.3 Å². The van der Waals surface area contributed by atoms with E-state index < -0.39 is 0 Å². The molecule has 0 bridgehead atoms. The van der Waals surface area contributed by atoms with Gasteiger partial charge in [-0.05, 0) is 31.4 Å². The molecule has 0 aliphatic rings. The highest BCUT2D eigenvalue weighted by Gasteiger charge is 2.13. The van der Waals surface area contributed by atoms with Crippen LogP contribution in [0.5, 0.6) is 0 Å². The molecule has 1 heterocycles. The molecule has 0 unspecified atom stereocenters. The van der Waals surface area contributed by atoms with Crippen LogP contribution >= 0.6 is 0 Å². The van der Waals surface area contributed by atoms with E-state index in [0.717, 1.165) is 32.1 Å². The molecule has 0 aliphatic carbocycles. The molecule has 20 heavy (non-hydrogen) atoms. The highest BCUT2D eigenvalue weighted by molar-refractivity contribution is 5.40. The molecule has 1 N–H and O–H groups in total. The van der Waals surface area contributed by atoms with Gasteiger partial charge in [-0.25, -0.2) is 4.98 Å². The van der Waals surface area contributed by atoms with Gasteiger partial charge in [-0.15, -0.1) is 0 Å². The number of hydrogen-bond acceptors (Lipinski definition) is 4. The Morgan fingerprint density at radius 3 is 2.50 bits per heavy atom. The van der Waals surface area contributed by atoms with E-state index in [2.05, 4.69) is 55.0 Å². The maximum Gasteiger partial charge on any atom is 0.128 e. The lowest BCUT2D eigenvalue weighted by Gasteiger charge is -2.29. The molecule has 0 radical (unpaired) electrons. The van der Waals surface area contributed by atoms with Gasteiger partial charge in [0.05, 0.1) is 6.61 Å². The van der Waals surface area contributed by atoms with E-state index in [1.54, 1.807) is 7.11 Å². The van der Waals surface area contributed by atoms with Crippen molar-refractivity contribution >= 4 is 5.82 Å². The number of nitrogens with zero attached hydrogens (tertiary/aromatic N) is 2. The molecule has 0 aliphatic heterocycles. The molecule has 0 amide bonds. The van der Waals surface area contributed by atoms with Gasteiger partial charge in [0.2, 0.25) is 0 Å². The first-order valence-electron chi connectivity index (χ1n) is 7.45. The average molecular weight is 279 g/mol. The summed E-state index contributed by atoms with van der Waals surface area (Å²) < 4.78 is 5.01. The summed E-state index contributed by atoms with van der Waals surface area (Å²) in [5.74, 6) is 1.70. The topological polar surface area (TPSA) is 37.4 Å². The van der Waals surface area contributed by atoms with Crippen LogP contribution in [0.1, 0.15) is 33.3 Å². The highest BCUT2D eigenvalue weighted by Crippen LogP contribution is 2.16. The van der Waals surface area contributed by atoms with Crippen molar-refractivity contribution in [2.24, 2.45) is 5.92 Å². The molecule has 4 heteroatoms. The third-order valence-corrected chi connectivity index (χ3v) is 3.10. The number of aromatic nitrogens is 1. The zero-order valence-corrected chi connectivity index (χ0v) is 13.5. The van der Waals surface area contributed by atoms with Crippen molar-refractivity contribution in [3.05, 3.63) is 23.9 Å². The quantitative estimate of drug-likeness (QED) is 0.705. The molecule has 0 atom stereocenters. The van der Waals surface area contributed by atoms with Crippen LogP contribution in [0.15, 0.2) is 18.3 Å². The molecule has 1 rings (SSSR count). The first-order chi connectivity index (χ1) is 9.54. The normalized spacial score (nSPS) is 11.3. The maximum atomic E-state index is 5.01. The van der Waals surface area contributed by atoms with E-state index in [1.165, 1.54) is 5.56 Å². The summed E-state index contributed by atoms with van der Waals surface area (Å²) in [5.41, 5.74) is 1.21. The minimum absolute atomic E-state index is 0.468. The number of methoxy groups -OCH3 is 1. The van der Waals surface area contributed by atoms with Crippen LogP contribution in [-0.4, -0.2) is 37.8 Å². The fourth-order valence-corrected chi connectivity index (χ4v) is 2.06. The second-order valence-electron chi connectivity index (χ2n) is 5.83. The van der Waals surface area contributed by atoms with Gasteiger partial charge in [-0.1, -0.05) is 19.9 Å². The molecular formula is C16H29N3O. The summed E-state index contributed by atoms with van der Waals surface area (Å²) in [6, 6.07) is 4.74. The first-order valence-corrected chi connectivity index (χ1v) is 7.45. The minimum atomic E-state index is 0.468. The largest absolute Gasteiger partial charge is 0.383 e. The Hall–Kier alpha value is -1.13. The van der Waals surface area contributed by atoms with Gasteiger partial charge in [0.25, 0.3) is 0 Å². The van der Waals surface area contributed by atoms with Gasteiger partial charge >= 0.3 is 0 Å². The van der Waals surface area contributed by atoms with Crippen molar-refractivity contribution in [3.8, 4) is 0 Å². The SMILES string of the molecule is COCCNCc1ccc(N(CC(C)C)C(C)C)nc1. The third kappa shape index (κ3) is 5.88. The van der Waals surface area contributed by atoms with Crippen molar-refractivity contribution in [3.63, 3.8) is 0 Å². The molecule has 0 saturated heterocycles. The Labute approximate surface area is 123 Å². The Morgan fingerprint density at radius 2 is 2.00 bits per heavy atom. The van der Waals surface area contributed by atoms with Crippen molar-refractivity contribution < 1.29 is 4.74 Å². The molecule has 114 valence electrons. The second kappa shape index (κ2) is 8.93. The fourth-order valence-electron chi connectivity index (χ4n) is 2.06. The van der Waals surface area contributed by atoms with E-state index in [9.17, 15) is 0 Å². The Bertz CT molecular complexity index is 362. The summed E-state index contributed by atoms with van der Waals surface area (Å²) in [6.07, 6.45) is 1.96. The molecule has 4 nitrogen and oxygen atoms in total. The van der Waals surface area contributed by atoms with Crippen molar-refractivity contribution in [2.75, 3.05) is 31.7 Å². The predicted molar refractivity (Wildman–Crippen MR) is 85.1 cm³/mol. The predicted octanol–water partition coefficient (Wildman–Crippen LogP) is 2.69. The van der Waals surface area contributed by atoms with E-state index in [4.69, 9.17) is 4.74 Å². The highest BCUT2D eigenvalue weighted by atomic mass is 16.5. The number of hydrogen-bond donors (Lipinski definition) is 1. The Balaban J connectivity index is 2.59. The molecule has 0 fully saturated rings. The van der Waals surface area contributed by atoms with Crippen LogP contribution in [0.2, 0.25) is 0 Å². The molecule has 0 aromatic carbocycles. The van der Waals surface area contributed by atoms with E-state index >= 15 is 0 Å². The van der Waals surface area contributed by atoms with Gasteiger partial charge < -0.3 is 15.0 Å². The lowest BCUT2D eigenvalue weighted by molar-refractivity contribution is 0.199. The summed E-state index contributed by atoms with van der Waals surface area (Å²) in [7, 11) is 1.72. The third-order valence-electron chi connectivity index (χ3n) is 3.10. The van der Waals surface area contributed by atoms with Gasteiger partial charge in [-0.3, -0.25) is 0 Å². The van der Waals surface area contributed by atoms with Crippen molar-refractivity contribution in [1.82, 2.24) is 10.3 Å². The van der Waals surface area contributed by atoms with Gasteiger partial charge in [0, 0.05) is 39.0 Å². The van der Waals surface area contributed by atoms with Crippen LogP contribution in [0.3, 0.4) is 0 Å². The average Bonchev–Trinajstić information content (AvgIpc) is 2.41. The van der Waals surface area contributed by atoms with Gasteiger partial charge in [0.1, 0.15) is 5.82 Å². The smallest absolute Gasteiger partial charge is 0.128 e. The zero-order valence-electron chi connectivity index (χ0n) is 13.5. The summed E-state index contributed by atoms with van der Waals surface area (Å²) in [5, 5.41) is 3.33. The van der Waals surface area contributed by atoms with Gasteiger partial charge in [-0.2, -0.15) is 0 Å². The number of ether oxygens (including phenoxy) is 1. The molecule has 0 spiro atoms. The fraction of sp³-hybridized carbons (Fsp3) is 0.688. The minimum Gasteiger partial charge on any atom is -0.383 e. The number of rotatable bonds is 9. The van der Waals surface area contributed by atoms with Crippen LogP contribution in [0.25, 0.3) is 0 Å². The van der Waals surface area contributed by atoms with Crippen molar-refractivity contribution in [1.29, 1.82) is 0 Å². The lowest BCUT2D eigenvalue weighted by Crippen LogP contribution is -2.34. The maximum absolute atomic E-state index is 5.01. The Morgan fingerprint density at radius 1 is 1.25 bits per heavy atom. The standard InChI is InChI=1S/C16H29N3O/c1-13(2)12-19(14(3)4)16-7-6-15(11-18-16)10-17-8-9-20-5/h6-7,11,13-14,17H,8-10,12H2,1-5H3. The lowest BCUT2D eigenvalue weighted by atomic mass is 10.1. The summed E-state index contributed by atoms with van der Waals surface area (Å²) in [4.78, 5) is 6.96. The molecular weight excluding hydrogens is 250 g/mol. The number of nitrogens with one attached hydrogen (secondary N) is 1. The van der Waals surface area contributed by atoms with Gasteiger partial charge in [0.15, 0.2) is 0 Å². The molecule has 1 aromatic heterocycles. The van der Waals surface area contributed by atoms with Crippen LogP contribution in [0.4, 0.5) is 5.82 Å². The Kier molecular flexibility index (Phi) is 7.55. The van der Waals surface area contributed by atoms with E-state index in [-0.39, 0.29) is 0 Å².